The largest absolute Gasteiger partial charge is 0.299 e. The Balaban J connectivity index is 1.67. The number of carbonyl (C=O) groups is 1. The first kappa shape index (κ1) is 10.7. The molecule has 3 rings (SSSR count). The van der Waals surface area contributed by atoms with Crippen LogP contribution < -0.4 is 0 Å². The minimum atomic E-state index is 0.268. The van der Waals surface area contributed by atoms with Crippen LogP contribution in [-0.2, 0) is 4.79 Å². The standard InChI is InChI=1S/C13H22N2O/c1-10-9-15(8-5-13(10)16)12-4-7-14-6-2-3-11(12)14/h10-12H,2-9H2,1H3. The number of fused-ring (bicyclic) bond motifs is 1. The lowest BCUT2D eigenvalue weighted by molar-refractivity contribution is -0.126. The Bertz CT molecular complexity index is 292. The predicted octanol–water partition coefficient (Wildman–Crippen LogP) is 1.13. The number of hydrogen-bond acceptors (Lipinski definition) is 3. The molecule has 3 aliphatic rings. The summed E-state index contributed by atoms with van der Waals surface area (Å²) in [7, 11) is 0. The summed E-state index contributed by atoms with van der Waals surface area (Å²) in [6.45, 7) is 6.71. The summed E-state index contributed by atoms with van der Waals surface area (Å²) in [5, 5.41) is 0. The molecule has 0 spiro atoms. The van der Waals surface area contributed by atoms with Crippen LogP contribution in [0.15, 0.2) is 0 Å². The highest BCUT2D eigenvalue weighted by Crippen LogP contribution is 2.32. The van der Waals surface area contributed by atoms with Gasteiger partial charge in [0.2, 0.25) is 0 Å². The number of hydrogen-bond donors (Lipinski definition) is 0. The fourth-order valence-electron chi connectivity index (χ4n) is 3.83. The molecule has 0 N–H and O–H groups in total. The van der Waals surface area contributed by atoms with E-state index in [1.54, 1.807) is 0 Å². The zero-order valence-corrected chi connectivity index (χ0v) is 10.2. The van der Waals surface area contributed by atoms with Crippen molar-refractivity contribution in [2.45, 2.75) is 44.7 Å². The highest BCUT2D eigenvalue weighted by Gasteiger charge is 2.41. The van der Waals surface area contributed by atoms with E-state index in [0.29, 0.717) is 5.78 Å². The van der Waals surface area contributed by atoms with Crippen molar-refractivity contribution in [3.63, 3.8) is 0 Å². The number of likely N-dealkylation sites (tertiary alicyclic amines) is 1. The first-order chi connectivity index (χ1) is 7.75. The van der Waals surface area contributed by atoms with Crippen molar-refractivity contribution in [2.24, 2.45) is 5.92 Å². The molecule has 0 aromatic carbocycles. The monoisotopic (exact) mass is 222 g/mol. The van der Waals surface area contributed by atoms with Crippen molar-refractivity contribution < 1.29 is 4.79 Å². The van der Waals surface area contributed by atoms with Crippen LogP contribution in [0.25, 0.3) is 0 Å². The second-order valence-corrected chi connectivity index (χ2v) is 5.71. The Kier molecular flexibility index (Phi) is 2.76. The van der Waals surface area contributed by atoms with Gasteiger partial charge < -0.3 is 0 Å². The third-order valence-corrected chi connectivity index (χ3v) is 4.74. The molecule has 0 aromatic heterocycles. The number of nitrogens with zero attached hydrogens (tertiary/aromatic N) is 2. The van der Waals surface area contributed by atoms with E-state index < -0.39 is 0 Å². The van der Waals surface area contributed by atoms with Crippen LogP contribution in [0.4, 0.5) is 0 Å². The lowest BCUT2D eigenvalue weighted by Gasteiger charge is -2.37. The molecule has 3 nitrogen and oxygen atoms in total. The van der Waals surface area contributed by atoms with Gasteiger partial charge in [-0.2, -0.15) is 0 Å². The first-order valence-corrected chi connectivity index (χ1v) is 6.76. The van der Waals surface area contributed by atoms with Crippen molar-refractivity contribution in [1.29, 1.82) is 0 Å². The van der Waals surface area contributed by atoms with Crippen LogP contribution in [-0.4, -0.2) is 53.8 Å². The minimum absolute atomic E-state index is 0.268. The van der Waals surface area contributed by atoms with Crippen molar-refractivity contribution in [2.75, 3.05) is 26.2 Å². The summed E-state index contributed by atoms with van der Waals surface area (Å²) < 4.78 is 0. The molecule has 16 heavy (non-hydrogen) atoms. The number of Topliss-reactive ketones (excluding diaryl/α,β-unsaturated/α-hetero) is 1. The van der Waals surface area contributed by atoms with Crippen molar-refractivity contribution in [1.82, 2.24) is 9.80 Å². The van der Waals surface area contributed by atoms with Crippen LogP contribution >= 0.6 is 0 Å². The summed E-state index contributed by atoms with van der Waals surface area (Å²) >= 11 is 0. The maximum absolute atomic E-state index is 11.5. The van der Waals surface area contributed by atoms with Crippen LogP contribution in [0.2, 0.25) is 0 Å². The van der Waals surface area contributed by atoms with Gasteiger partial charge in [-0.05, 0) is 25.8 Å². The maximum atomic E-state index is 11.5. The third kappa shape index (κ3) is 1.70. The molecule has 3 saturated heterocycles. The van der Waals surface area contributed by atoms with Crippen LogP contribution in [0, 0.1) is 5.92 Å². The van der Waals surface area contributed by atoms with Crippen LogP contribution in [0.5, 0.6) is 0 Å². The van der Waals surface area contributed by atoms with Crippen molar-refractivity contribution in [3.05, 3.63) is 0 Å². The molecule has 0 saturated carbocycles. The molecule has 3 atom stereocenters. The Hall–Kier alpha value is -0.410. The maximum Gasteiger partial charge on any atom is 0.138 e. The zero-order chi connectivity index (χ0) is 11.1. The molecule has 3 aliphatic heterocycles. The summed E-state index contributed by atoms with van der Waals surface area (Å²) in [6, 6.07) is 1.55. The van der Waals surface area contributed by atoms with E-state index in [9.17, 15) is 4.79 Å². The fraction of sp³-hybridized carbons (Fsp3) is 0.923. The van der Waals surface area contributed by atoms with Gasteiger partial charge in [-0.25, -0.2) is 0 Å². The SMILES string of the molecule is CC1CN(C2CCN3CCCC23)CCC1=O. The van der Waals surface area contributed by atoms with Gasteiger partial charge in [-0.1, -0.05) is 6.92 Å². The molecule has 0 radical (unpaired) electrons. The van der Waals surface area contributed by atoms with Gasteiger partial charge in [0.25, 0.3) is 0 Å². The molecule has 3 heterocycles. The lowest BCUT2D eigenvalue weighted by Crippen LogP contribution is -2.49. The molecule has 90 valence electrons. The van der Waals surface area contributed by atoms with E-state index in [-0.39, 0.29) is 5.92 Å². The Morgan fingerprint density at radius 1 is 1.06 bits per heavy atom. The highest BCUT2D eigenvalue weighted by molar-refractivity contribution is 5.81. The summed E-state index contributed by atoms with van der Waals surface area (Å²) in [4.78, 5) is 16.8. The molecule has 3 heteroatoms. The predicted molar refractivity (Wildman–Crippen MR) is 63.4 cm³/mol. The third-order valence-electron chi connectivity index (χ3n) is 4.74. The second kappa shape index (κ2) is 4.11. The lowest BCUT2D eigenvalue weighted by atomic mass is 9.95. The van der Waals surface area contributed by atoms with E-state index in [1.165, 1.54) is 32.4 Å². The molecular weight excluding hydrogens is 200 g/mol. The number of piperidine rings is 1. The number of carbonyl (C=O) groups excluding carboxylic acids is 1. The molecule has 3 fully saturated rings. The fourth-order valence-corrected chi connectivity index (χ4v) is 3.83. The Morgan fingerprint density at radius 3 is 2.69 bits per heavy atom. The number of rotatable bonds is 1. The molecule has 0 aromatic rings. The van der Waals surface area contributed by atoms with Crippen LogP contribution in [0.1, 0.15) is 32.6 Å². The van der Waals surface area contributed by atoms with Gasteiger partial charge in [-0.15, -0.1) is 0 Å². The minimum Gasteiger partial charge on any atom is -0.299 e. The number of ketones is 1. The molecule has 0 aliphatic carbocycles. The average Bonchev–Trinajstić information content (AvgIpc) is 2.83. The zero-order valence-electron chi connectivity index (χ0n) is 10.2. The Morgan fingerprint density at radius 2 is 1.88 bits per heavy atom. The van der Waals surface area contributed by atoms with E-state index in [4.69, 9.17) is 0 Å². The summed E-state index contributed by atoms with van der Waals surface area (Å²) in [5.41, 5.74) is 0. The first-order valence-electron chi connectivity index (χ1n) is 6.76. The second-order valence-electron chi connectivity index (χ2n) is 5.71. The van der Waals surface area contributed by atoms with Gasteiger partial charge >= 0.3 is 0 Å². The van der Waals surface area contributed by atoms with Crippen LogP contribution in [0.3, 0.4) is 0 Å². The van der Waals surface area contributed by atoms with E-state index in [0.717, 1.165) is 31.6 Å². The van der Waals surface area contributed by atoms with E-state index in [2.05, 4.69) is 16.7 Å². The van der Waals surface area contributed by atoms with Gasteiger partial charge in [-0.3, -0.25) is 14.6 Å². The van der Waals surface area contributed by atoms with Gasteiger partial charge in [0.15, 0.2) is 0 Å². The normalized spacial score (nSPS) is 41.6. The summed E-state index contributed by atoms with van der Waals surface area (Å²) in [6.07, 6.45) is 4.86. The van der Waals surface area contributed by atoms with Crippen molar-refractivity contribution in [3.8, 4) is 0 Å². The van der Waals surface area contributed by atoms with E-state index in [1.807, 2.05) is 0 Å². The van der Waals surface area contributed by atoms with Gasteiger partial charge in [0.05, 0.1) is 0 Å². The average molecular weight is 222 g/mol. The molecule has 3 unspecified atom stereocenters. The molecular formula is C13H22N2O. The van der Waals surface area contributed by atoms with Gasteiger partial charge in [0.1, 0.15) is 5.78 Å². The quantitative estimate of drug-likeness (QED) is 0.664. The van der Waals surface area contributed by atoms with E-state index >= 15 is 0 Å². The smallest absolute Gasteiger partial charge is 0.138 e. The topological polar surface area (TPSA) is 23.6 Å². The molecule has 0 amide bonds. The summed E-state index contributed by atoms with van der Waals surface area (Å²) in [5.74, 6) is 0.738. The highest BCUT2D eigenvalue weighted by atomic mass is 16.1. The van der Waals surface area contributed by atoms with Gasteiger partial charge in [0, 0.05) is 44.1 Å². The van der Waals surface area contributed by atoms with Crippen molar-refractivity contribution >= 4 is 5.78 Å². The Labute approximate surface area is 97.8 Å². The molecule has 0 bridgehead atoms.